The summed E-state index contributed by atoms with van der Waals surface area (Å²) in [5.74, 6) is -0.161. The molecule has 10 rings (SSSR count). The minimum absolute atomic E-state index is 0. The maximum atomic E-state index is 13.5. The number of fused-ring (bicyclic) bond motifs is 6. The Hall–Kier alpha value is -7.77. The van der Waals surface area contributed by atoms with E-state index in [2.05, 4.69) is 19.9 Å². The largest absolute Gasteiger partial charge is 0.412 e. The summed E-state index contributed by atoms with van der Waals surface area (Å²) in [7, 11) is -0.611. The Labute approximate surface area is 357 Å². The molecule has 4 heterocycles. The summed E-state index contributed by atoms with van der Waals surface area (Å²) >= 11 is 0. The molecule has 0 bridgehead atoms. The molecule has 4 aromatic heterocycles. The van der Waals surface area contributed by atoms with E-state index >= 15 is 0 Å². The van der Waals surface area contributed by atoms with Crippen molar-refractivity contribution in [3.05, 3.63) is 213 Å². The zero-order valence-electron chi connectivity index (χ0n) is 33.6. The molecule has 10 aromatic rings. The van der Waals surface area contributed by atoms with Gasteiger partial charge >= 0.3 is 0 Å². The number of pyridine rings is 2. The van der Waals surface area contributed by atoms with E-state index in [0.717, 1.165) is 32.7 Å². The van der Waals surface area contributed by atoms with E-state index in [1.165, 1.54) is 0 Å². The predicted octanol–water partition coefficient (Wildman–Crippen LogP) is 8.16. The summed E-state index contributed by atoms with van der Waals surface area (Å²) in [5, 5.41) is 4.13. The van der Waals surface area contributed by atoms with Gasteiger partial charge in [0.1, 0.15) is 11.3 Å². The van der Waals surface area contributed by atoms with Gasteiger partial charge in [-0.3, -0.25) is 23.4 Å². The van der Waals surface area contributed by atoms with Crippen molar-refractivity contribution >= 4 is 66.0 Å². The summed E-state index contributed by atoms with van der Waals surface area (Å²) in [6.07, 6.45) is 3.28. The van der Waals surface area contributed by atoms with Crippen LogP contribution < -0.4 is 11.1 Å². The van der Waals surface area contributed by atoms with Gasteiger partial charge in [-0.25, -0.2) is 0 Å². The van der Waals surface area contributed by atoms with Crippen LogP contribution in [0.4, 0.5) is 0 Å². The van der Waals surface area contributed by atoms with Crippen LogP contribution in [0, 0.1) is 0 Å². The molecule has 0 unspecified atom stereocenters. The van der Waals surface area contributed by atoms with Gasteiger partial charge in [-0.2, -0.15) is 0 Å². The molecular weight excluding hydrogens is 801 g/mol. The first-order chi connectivity index (χ1) is 29.2. The Bertz CT molecular complexity index is 3100. The zero-order chi connectivity index (χ0) is 41.8. The van der Waals surface area contributed by atoms with Crippen LogP contribution in [0.25, 0.3) is 66.1 Å². The van der Waals surface area contributed by atoms with Gasteiger partial charge in [-0.1, -0.05) is 158 Å². The Kier molecular flexibility index (Phi) is 13.5. The molecule has 0 aliphatic heterocycles. The van der Waals surface area contributed by atoms with Crippen LogP contribution in [0.3, 0.4) is 0 Å². The van der Waals surface area contributed by atoms with E-state index in [1.807, 2.05) is 158 Å². The van der Waals surface area contributed by atoms with Crippen molar-refractivity contribution in [2.75, 3.05) is 12.5 Å². The smallest absolute Gasteiger partial charge is 0.257 e. The van der Waals surface area contributed by atoms with E-state index in [4.69, 9.17) is 0 Å². The Morgan fingerprint density at radius 2 is 0.677 bits per heavy atom. The minimum Gasteiger partial charge on any atom is -0.412 e. The average Bonchev–Trinajstić information content (AvgIpc) is 3.87. The molecule has 11 nitrogen and oxygen atoms in total. The van der Waals surface area contributed by atoms with E-state index < -0.39 is 10.8 Å². The number of hydrogen-bond donors (Lipinski definition) is 4. The van der Waals surface area contributed by atoms with Crippen molar-refractivity contribution in [3.8, 4) is 22.5 Å². The number of hydrogen-bond acceptors (Lipinski definition) is 5. The van der Waals surface area contributed by atoms with Crippen molar-refractivity contribution in [1.82, 2.24) is 19.9 Å². The van der Waals surface area contributed by atoms with E-state index in [1.54, 1.807) is 24.6 Å². The molecule has 0 aliphatic carbocycles. The summed E-state index contributed by atoms with van der Waals surface area (Å²) < 4.78 is 9.56. The molecule has 0 atom stereocenters. The molecule has 0 fully saturated rings. The maximum absolute atomic E-state index is 13.5. The number of ketones is 2. The van der Waals surface area contributed by atoms with Gasteiger partial charge in [-0.15, -0.1) is 0 Å². The fraction of sp³-hybridized carbons (Fsp3) is 0.0400. The van der Waals surface area contributed by atoms with Crippen LogP contribution >= 0.6 is 0 Å². The van der Waals surface area contributed by atoms with Gasteiger partial charge in [0.15, 0.2) is 11.6 Å². The molecule has 0 saturated carbocycles. The Morgan fingerprint density at radius 1 is 0.403 bits per heavy atom. The first kappa shape index (κ1) is 43.8. The number of aromatic nitrogens is 4. The fourth-order valence-electron chi connectivity index (χ4n) is 7.45. The van der Waals surface area contributed by atoms with E-state index in [-0.39, 0.29) is 33.6 Å². The van der Waals surface area contributed by atoms with Crippen molar-refractivity contribution in [2.45, 2.75) is 0 Å². The quantitative estimate of drug-likeness (QED) is 0.122. The van der Waals surface area contributed by atoms with Crippen LogP contribution in [0.15, 0.2) is 179 Å². The van der Waals surface area contributed by atoms with E-state index in [0.29, 0.717) is 55.7 Å². The minimum atomic E-state index is -0.611. The number of benzene rings is 6. The highest BCUT2D eigenvalue weighted by atomic mass is 32.2. The third kappa shape index (κ3) is 8.60. The number of rotatable bonds is 6. The molecule has 0 aliphatic rings. The molecule has 0 saturated heterocycles. The van der Waals surface area contributed by atoms with Crippen LogP contribution in [-0.4, -0.2) is 59.2 Å². The lowest BCUT2D eigenvalue weighted by molar-refractivity contribution is 0.103. The Balaban J connectivity index is 0.000000185. The summed E-state index contributed by atoms with van der Waals surface area (Å²) in [4.78, 5) is 64.5. The second-order valence-electron chi connectivity index (χ2n) is 14.1. The molecule has 0 spiro atoms. The molecule has 8 N–H and O–H groups in total. The number of carbonyl (C=O) groups is 2. The molecule has 62 heavy (non-hydrogen) atoms. The molecule has 310 valence electrons. The first-order valence-electron chi connectivity index (χ1n) is 19.1. The van der Waals surface area contributed by atoms with Crippen LogP contribution in [0.5, 0.6) is 0 Å². The van der Waals surface area contributed by atoms with Crippen LogP contribution in [0.1, 0.15) is 31.8 Å². The highest BCUT2D eigenvalue weighted by Gasteiger charge is 2.25. The maximum Gasteiger partial charge on any atom is 0.257 e. The van der Waals surface area contributed by atoms with E-state index in [9.17, 15) is 23.4 Å². The van der Waals surface area contributed by atoms with Crippen molar-refractivity contribution in [1.29, 1.82) is 0 Å². The average molecular weight is 843 g/mol. The van der Waals surface area contributed by atoms with Crippen LogP contribution in [0.2, 0.25) is 0 Å². The summed E-state index contributed by atoms with van der Waals surface area (Å²) in [6, 6.07) is 52.5. The van der Waals surface area contributed by atoms with Crippen molar-refractivity contribution in [2.24, 2.45) is 0 Å². The van der Waals surface area contributed by atoms with Gasteiger partial charge < -0.3 is 30.9 Å². The van der Waals surface area contributed by atoms with Gasteiger partial charge in [-0.05, 0) is 34.0 Å². The third-order valence-corrected chi connectivity index (χ3v) is 10.0. The van der Waals surface area contributed by atoms with Crippen molar-refractivity contribution < 1.29 is 24.8 Å². The topological polar surface area (TPSA) is 212 Å². The lowest BCUT2D eigenvalue weighted by Crippen LogP contribution is -2.07. The van der Waals surface area contributed by atoms with Gasteiger partial charge in [0.05, 0.1) is 22.5 Å². The monoisotopic (exact) mass is 842 g/mol. The van der Waals surface area contributed by atoms with Gasteiger partial charge in [0.25, 0.3) is 11.1 Å². The summed E-state index contributed by atoms with van der Waals surface area (Å²) in [5.41, 5.74) is 6.30. The second-order valence-corrected chi connectivity index (χ2v) is 15.6. The molecule has 0 amide bonds. The fourth-order valence-corrected chi connectivity index (χ4v) is 7.45. The number of aromatic amines is 4. The normalized spacial score (nSPS) is 10.6. The SMILES string of the molecule is CS(C)=O.O.O.O=C(c1ccccc1)c1c(-c2ccccc2)[nH]c2[nH]c(=O)c3ccccc3c12.O=C(c1ccccc1)c1c(-c2ccccc2)[nH]c2[nH]c(=O)c3ccccc3c12. The molecule has 6 aromatic carbocycles. The highest BCUT2D eigenvalue weighted by Crippen LogP contribution is 2.36. The third-order valence-electron chi connectivity index (χ3n) is 10.0. The number of carbonyl (C=O) groups excluding carboxylic acids is 2. The summed E-state index contributed by atoms with van der Waals surface area (Å²) in [6.45, 7) is 0. The van der Waals surface area contributed by atoms with Gasteiger partial charge in [0, 0.05) is 56.0 Å². The lowest BCUT2D eigenvalue weighted by Gasteiger charge is -2.06. The highest BCUT2D eigenvalue weighted by molar-refractivity contribution is 7.83. The predicted molar refractivity (Wildman–Crippen MR) is 251 cm³/mol. The van der Waals surface area contributed by atoms with Crippen molar-refractivity contribution in [3.63, 3.8) is 0 Å². The zero-order valence-corrected chi connectivity index (χ0v) is 34.4. The number of H-pyrrole nitrogens is 4. The van der Waals surface area contributed by atoms with Crippen LogP contribution in [-0.2, 0) is 10.8 Å². The lowest BCUT2D eigenvalue weighted by atomic mass is 9.95. The Morgan fingerprint density at radius 3 is 1.00 bits per heavy atom. The standard InChI is InChI=1S/2C24H16N2O2.C2H6OS.2H2O/c2*27-22(16-11-5-2-6-12-16)20-19-17-13-7-8-14-18(17)24(28)26-23(19)25-21(20)15-9-3-1-4-10-15;1-4(2)3;;/h2*1-14H,(H2,25,26,28);1-2H3;2*1H2. The molecule has 0 radical (unpaired) electrons. The molecule has 12 heteroatoms. The first-order valence-corrected chi connectivity index (χ1v) is 21.1. The number of nitrogens with one attached hydrogen (secondary N) is 4. The second kappa shape index (κ2) is 19.1. The molecular formula is C50H42N4O7S. The van der Waals surface area contributed by atoms with Gasteiger partial charge in [0.2, 0.25) is 0 Å².